The third-order valence-electron chi connectivity index (χ3n) is 2.86. The molecule has 1 heterocycles. The fourth-order valence-electron chi connectivity index (χ4n) is 1.94. The van der Waals surface area contributed by atoms with E-state index in [1.54, 1.807) is 11.3 Å². The summed E-state index contributed by atoms with van der Waals surface area (Å²) in [5, 5.41) is 4.35. The minimum absolute atomic E-state index is 0.907. The molecule has 0 atom stereocenters. The number of rotatable bonds is 6. The molecule has 0 aliphatic carbocycles. The molecule has 4 heteroatoms. The van der Waals surface area contributed by atoms with Gasteiger partial charge < -0.3 is 5.32 Å². The smallest absolute Gasteiger partial charge is 0.123 e. The fraction of sp³-hybridized carbons (Fsp3) is 0.400. The van der Waals surface area contributed by atoms with E-state index in [1.807, 2.05) is 18.8 Å². The van der Waals surface area contributed by atoms with E-state index in [0.29, 0.717) is 0 Å². The summed E-state index contributed by atoms with van der Waals surface area (Å²) in [6.45, 7) is 5.25. The molecule has 1 N–H and O–H groups in total. The maximum atomic E-state index is 4.76. The van der Waals surface area contributed by atoms with E-state index >= 15 is 0 Å². The predicted molar refractivity (Wildman–Crippen MR) is 86.1 cm³/mol. The SMILES string of the molecule is CCSc1ccc(-c2nc(CC)c(CNC)s2)cc1. The number of benzene rings is 1. The highest BCUT2D eigenvalue weighted by molar-refractivity contribution is 7.99. The highest BCUT2D eigenvalue weighted by Crippen LogP contribution is 2.30. The molecule has 102 valence electrons. The second-order valence-electron chi connectivity index (χ2n) is 4.23. The molecule has 2 rings (SSSR count). The van der Waals surface area contributed by atoms with Gasteiger partial charge in [0.1, 0.15) is 5.01 Å². The van der Waals surface area contributed by atoms with E-state index < -0.39 is 0 Å². The summed E-state index contributed by atoms with van der Waals surface area (Å²) in [7, 11) is 1.98. The van der Waals surface area contributed by atoms with Crippen molar-refractivity contribution in [2.75, 3.05) is 12.8 Å². The number of hydrogen-bond donors (Lipinski definition) is 1. The Morgan fingerprint density at radius 1 is 1.21 bits per heavy atom. The minimum Gasteiger partial charge on any atom is -0.315 e. The molecule has 1 aromatic carbocycles. The number of hydrogen-bond acceptors (Lipinski definition) is 4. The number of nitrogens with one attached hydrogen (secondary N) is 1. The standard InChI is InChI=1S/C15H20N2S2/c1-4-13-14(10-16-3)19-15(17-13)11-6-8-12(9-7-11)18-5-2/h6-9,16H,4-5,10H2,1-3H3. The average Bonchev–Trinajstić information content (AvgIpc) is 2.84. The molecular formula is C15H20N2S2. The van der Waals surface area contributed by atoms with Gasteiger partial charge in [0.15, 0.2) is 0 Å². The van der Waals surface area contributed by atoms with Gasteiger partial charge in [-0.15, -0.1) is 23.1 Å². The number of thioether (sulfide) groups is 1. The fourth-order valence-corrected chi connectivity index (χ4v) is 3.77. The van der Waals surface area contributed by atoms with Crippen molar-refractivity contribution in [2.45, 2.75) is 31.7 Å². The van der Waals surface area contributed by atoms with Crippen LogP contribution < -0.4 is 5.32 Å². The van der Waals surface area contributed by atoms with Gasteiger partial charge in [0.25, 0.3) is 0 Å². The van der Waals surface area contributed by atoms with Crippen molar-refractivity contribution in [2.24, 2.45) is 0 Å². The molecule has 2 aromatic rings. The largest absolute Gasteiger partial charge is 0.315 e. The number of nitrogens with zero attached hydrogens (tertiary/aromatic N) is 1. The molecular weight excluding hydrogens is 272 g/mol. The van der Waals surface area contributed by atoms with E-state index in [9.17, 15) is 0 Å². The maximum Gasteiger partial charge on any atom is 0.123 e. The number of thiazole rings is 1. The zero-order valence-electron chi connectivity index (χ0n) is 11.7. The summed E-state index contributed by atoms with van der Waals surface area (Å²) in [6.07, 6.45) is 0.997. The number of aryl methyl sites for hydroxylation is 1. The molecule has 0 bridgehead atoms. The minimum atomic E-state index is 0.907. The molecule has 0 aliphatic heterocycles. The van der Waals surface area contributed by atoms with Crippen LogP contribution in [0.5, 0.6) is 0 Å². The molecule has 0 unspecified atom stereocenters. The Morgan fingerprint density at radius 3 is 2.53 bits per heavy atom. The topological polar surface area (TPSA) is 24.9 Å². The van der Waals surface area contributed by atoms with Gasteiger partial charge in [0.2, 0.25) is 0 Å². The summed E-state index contributed by atoms with van der Waals surface area (Å²) in [6, 6.07) is 8.74. The zero-order valence-corrected chi connectivity index (χ0v) is 13.3. The van der Waals surface area contributed by atoms with E-state index in [-0.39, 0.29) is 0 Å². The van der Waals surface area contributed by atoms with Gasteiger partial charge in [0, 0.05) is 21.9 Å². The van der Waals surface area contributed by atoms with Crippen LogP contribution in [0.4, 0.5) is 0 Å². The first-order chi connectivity index (χ1) is 9.28. The number of aromatic nitrogens is 1. The van der Waals surface area contributed by atoms with Crippen molar-refractivity contribution < 1.29 is 0 Å². The van der Waals surface area contributed by atoms with Crippen molar-refractivity contribution in [1.82, 2.24) is 10.3 Å². The van der Waals surface area contributed by atoms with Crippen molar-refractivity contribution in [3.05, 3.63) is 34.8 Å². The van der Waals surface area contributed by atoms with Crippen molar-refractivity contribution >= 4 is 23.1 Å². The lowest BCUT2D eigenvalue weighted by Gasteiger charge is -2.00. The summed E-state index contributed by atoms with van der Waals surface area (Å²) in [4.78, 5) is 7.45. The summed E-state index contributed by atoms with van der Waals surface area (Å²) in [5.41, 5.74) is 2.45. The van der Waals surface area contributed by atoms with E-state index in [4.69, 9.17) is 4.98 Å². The Hall–Kier alpha value is -0.840. The molecule has 2 nitrogen and oxygen atoms in total. The molecule has 19 heavy (non-hydrogen) atoms. The van der Waals surface area contributed by atoms with Crippen LogP contribution in [0, 0.1) is 0 Å². The van der Waals surface area contributed by atoms with Gasteiger partial charge in [-0.2, -0.15) is 0 Å². The summed E-state index contributed by atoms with van der Waals surface area (Å²) < 4.78 is 0. The van der Waals surface area contributed by atoms with E-state index in [0.717, 1.165) is 23.7 Å². The molecule has 0 aliphatic rings. The highest BCUT2D eigenvalue weighted by Gasteiger charge is 2.10. The van der Waals surface area contributed by atoms with Crippen molar-refractivity contribution in [3.8, 4) is 10.6 Å². The summed E-state index contributed by atoms with van der Waals surface area (Å²) >= 11 is 3.67. The zero-order chi connectivity index (χ0) is 13.7. The molecule has 0 amide bonds. The van der Waals surface area contributed by atoms with Crippen LogP contribution in [0.2, 0.25) is 0 Å². The molecule has 1 aromatic heterocycles. The van der Waals surface area contributed by atoms with Gasteiger partial charge in [-0.1, -0.05) is 26.0 Å². The van der Waals surface area contributed by atoms with Crippen LogP contribution >= 0.6 is 23.1 Å². The van der Waals surface area contributed by atoms with Gasteiger partial charge >= 0.3 is 0 Å². The van der Waals surface area contributed by atoms with Crippen LogP contribution in [0.1, 0.15) is 24.4 Å². The Labute approximate surface area is 123 Å². The Kier molecular flexibility index (Phi) is 5.43. The second-order valence-corrected chi connectivity index (χ2v) is 6.65. The van der Waals surface area contributed by atoms with Crippen LogP contribution in [0.25, 0.3) is 10.6 Å². The lowest BCUT2D eigenvalue weighted by molar-refractivity contribution is 0.815. The Bertz CT molecular complexity index is 517. The lowest BCUT2D eigenvalue weighted by Crippen LogP contribution is -2.05. The summed E-state index contributed by atoms with van der Waals surface area (Å²) in [5.74, 6) is 1.11. The normalized spacial score (nSPS) is 10.9. The Morgan fingerprint density at radius 2 is 1.95 bits per heavy atom. The molecule has 0 saturated heterocycles. The predicted octanol–water partition coefficient (Wildman–Crippen LogP) is 4.20. The first-order valence-electron chi connectivity index (χ1n) is 6.64. The first kappa shape index (κ1) is 14.6. The van der Waals surface area contributed by atoms with Crippen molar-refractivity contribution in [3.63, 3.8) is 0 Å². The average molecular weight is 292 g/mol. The maximum absolute atomic E-state index is 4.76. The first-order valence-corrected chi connectivity index (χ1v) is 8.45. The molecule has 0 radical (unpaired) electrons. The van der Waals surface area contributed by atoms with Gasteiger partial charge in [-0.05, 0) is 31.4 Å². The van der Waals surface area contributed by atoms with Gasteiger partial charge in [-0.3, -0.25) is 0 Å². The second kappa shape index (κ2) is 7.08. The highest BCUT2D eigenvalue weighted by atomic mass is 32.2. The molecule has 0 spiro atoms. The monoisotopic (exact) mass is 292 g/mol. The molecule has 0 saturated carbocycles. The molecule has 0 fully saturated rings. The van der Waals surface area contributed by atoms with Gasteiger partial charge in [-0.25, -0.2) is 4.98 Å². The van der Waals surface area contributed by atoms with Crippen LogP contribution in [0.15, 0.2) is 29.2 Å². The van der Waals surface area contributed by atoms with Gasteiger partial charge in [0.05, 0.1) is 5.69 Å². The van der Waals surface area contributed by atoms with E-state index in [1.165, 1.54) is 21.0 Å². The quantitative estimate of drug-likeness (QED) is 0.808. The Balaban J connectivity index is 2.25. The third-order valence-corrected chi connectivity index (χ3v) is 4.90. The van der Waals surface area contributed by atoms with Crippen molar-refractivity contribution in [1.29, 1.82) is 0 Å². The van der Waals surface area contributed by atoms with Crippen LogP contribution in [-0.4, -0.2) is 17.8 Å². The van der Waals surface area contributed by atoms with Crippen LogP contribution in [0.3, 0.4) is 0 Å². The van der Waals surface area contributed by atoms with Crippen LogP contribution in [-0.2, 0) is 13.0 Å². The van der Waals surface area contributed by atoms with E-state index in [2.05, 4.69) is 43.4 Å². The lowest BCUT2D eigenvalue weighted by atomic mass is 10.2. The third kappa shape index (κ3) is 3.59.